The van der Waals surface area contributed by atoms with E-state index in [-0.39, 0.29) is 10.6 Å². The number of rotatable bonds is 3. The van der Waals surface area contributed by atoms with Crippen LogP contribution in [-0.2, 0) is 4.79 Å². The van der Waals surface area contributed by atoms with E-state index in [2.05, 4.69) is 0 Å². The lowest BCUT2D eigenvalue weighted by atomic mass is 10.0. The van der Waals surface area contributed by atoms with E-state index in [1.165, 1.54) is 23.5 Å². The fourth-order valence-corrected chi connectivity index (χ4v) is 1.67. The Morgan fingerprint density at radius 3 is 2.25 bits per heavy atom. The lowest BCUT2D eigenvalue weighted by Gasteiger charge is -2.28. The van der Waals surface area contributed by atoms with Gasteiger partial charge in [0, 0.05) is 0 Å². The molecule has 0 aromatic heterocycles. The third-order valence-corrected chi connectivity index (χ3v) is 3.04. The second-order valence-electron chi connectivity index (χ2n) is 4.37. The van der Waals surface area contributed by atoms with Crippen molar-refractivity contribution in [3.05, 3.63) is 34.3 Å². The highest BCUT2D eigenvalue weighted by molar-refractivity contribution is 6.34. The molecule has 4 nitrogen and oxygen atoms in total. The van der Waals surface area contributed by atoms with E-state index in [1.807, 2.05) is 0 Å². The van der Waals surface area contributed by atoms with E-state index in [4.69, 9.17) is 16.7 Å². The van der Waals surface area contributed by atoms with Gasteiger partial charge in [0.05, 0.1) is 10.6 Å². The molecule has 8 heteroatoms. The summed E-state index contributed by atoms with van der Waals surface area (Å²) in [5, 5.41) is 10.1. The third kappa shape index (κ3) is 3.04. The number of carboxylic acids is 1. The molecule has 0 heterocycles. The van der Waals surface area contributed by atoms with E-state index in [9.17, 15) is 22.8 Å². The smallest absolute Gasteiger partial charge is 0.422 e. The van der Waals surface area contributed by atoms with Crippen LogP contribution in [0.2, 0.25) is 5.02 Å². The Bertz CT molecular complexity index is 559. The first-order valence-corrected chi connectivity index (χ1v) is 5.75. The zero-order chi connectivity index (χ0) is 15.7. The molecule has 1 aromatic carbocycles. The van der Waals surface area contributed by atoms with Crippen LogP contribution in [0.4, 0.5) is 13.2 Å². The fraction of sp³-hybridized carbons (Fsp3) is 0.333. The van der Waals surface area contributed by atoms with Crippen LogP contribution in [0.5, 0.6) is 0 Å². The molecule has 1 atom stereocenters. The van der Waals surface area contributed by atoms with Crippen molar-refractivity contribution in [1.29, 1.82) is 0 Å². The van der Waals surface area contributed by atoms with Crippen molar-refractivity contribution in [2.24, 2.45) is 0 Å². The minimum Gasteiger partial charge on any atom is -0.479 e. The van der Waals surface area contributed by atoms with Crippen molar-refractivity contribution in [3.63, 3.8) is 0 Å². The molecule has 110 valence electrons. The number of alkyl halides is 3. The monoisotopic (exact) mass is 309 g/mol. The molecular formula is C12H11ClF3NO3. The number of nitrogens with one attached hydrogen (secondary N) is 1. The maximum absolute atomic E-state index is 12.8. The Morgan fingerprint density at radius 1 is 1.30 bits per heavy atom. The van der Waals surface area contributed by atoms with Crippen molar-refractivity contribution in [1.82, 2.24) is 5.32 Å². The van der Waals surface area contributed by atoms with Gasteiger partial charge in [-0.15, -0.1) is 0 Å². The third-order valence-electron chi connectivity index (χ3n) is 2.73. The molecule has 0 bridgehead atoms. The first-order valence-electron chi connectivity index (χ1n) is 5.38. The van der Waals surface area contributed by atoms with E-state index in [1.54, 1.807) is 6.92 Å². The molecule has 0 fully saturated rings. The van der Waals surface area contributed by atoms with E-state index in [0.29, 0.717) is 12.5 Å². The maximum Gasteiger partial charge on any atom is 0.422 e. The zero-order valence-electron chi connectivity index (χ0n) is 10.5. The molecule has 1 unspecified atom stereocenters. The van der Waals surface area contributed by atoms with E-state index in [0.717, 1.165) is 0 Å². The number of hydrogen-bond acceptors (Lipinski definition) is 2. The van der Waals surface area contributed by atoms with Gasteiger partial charge in [0.15, 0.2) is 0 Å². The molecule has 2 N–H and O–H groups in total. The van der Waals surface area contributed by atoms with E-state index < -0.39 is 23.6 Å². The van der Waals surface area contributed by atoms with Crippen LogP contribution in [-0.4, -0.2) is 28.7 Å². The highest BCUT2D eigenvalue weighted by Gasteiger charge is 2.58. The predicted octanol–water partition coefficient (Wildman–Crippen LogP) is 2.78. The Hall–Kier alpha value is -1.76. The van der Waals surface area contributed by atoms with Crippen LogP contribution in [0.1, 0.15) is 22.8 Å². The van der Waals surface area contributed by atoms with Gasteiger partial charge in [0.25, 0.3) is 5.91 Å². The minimum atomic E-state index is -5.15. The van der Waals surface area contributed by atoms with Gasteiger partial charge in [-0.3, -0.25) is 4.79 Å². The first-order chi connectivity index (χ1) is 8.99. The molecule has 1 amide bonds. The van der Waals surface area contributed by atoms with Crippen LogP contribution in [0.25, 0.3) is 0 Å². The van der Waals surface area contributed by atoms with Crippen molar-refractivity contribution in [2.45, 2.75) is 25.6 Å². The highest BCUT2D eigenvalue weighted by atomic mass is 35.5. The second-order valence-corrected chi connectivity index (χ2v) is 4.77. The quantitative estimate of drug-likeness (QED) is 0.902. The summed E-state index contributed by atoms with van der Waals surface area (Å²) in [6.45, 7) is 2.06. The number of halogens is 4. The Balaban J connectivity index is 3.13. The molecule has 0 aliphatic rings. The summed E-state index contributed by atoms with van der Waals surface area (Å²) in [6, 6.07) is 4.10. The number of carboxylic acid groups (broad SMARTS) is 1. The molecule has 0 saturated carbocycles. The van der Waals surface area contributed by atoms with Crippen LogP contribution in [0, 0.1) is 6.92 Å². The molecule has 0 aliphatic carbocycles. The van der Waals surface area contributed by atoms with Gasteiger partial charge in [0.2, 0.25) is 5.54 Å². The number of benzene rings is 1. The number of amides is 1. The molecule has 1 aromatic rings. The average Bonchev–Trinajstić information content (AvgIpc) is 2.26. The summed E-state index contributed by atoms with van der Waals surface area (Å²) in [4.78, 5) is 22.6. The summed E-state index contributed by atoms with van der Waals surface area (Å²) >= 11 is 5.76. The first kappa shape index (κ1) is 16.3. The number of aliphatic carboxylic acids is 1. The molecule has 0 radical (unpaired) electrons. The summed E-state index contributed by atoms with van der Waals surface area (Å²) in [5.74, 6) is -3.42. The van der Waals surface area contributed by atoms with Gasteiger partial charge >= 0.3 is 12.1 Å². The van der Waals surface area contributed by atoms with Gasteiger partial charge in [-0.1, -0.05) is 17.7 Å². The molecule has 0 saturated heterocycles. The zero-order valence-corrected chi connectivity index (χ0v) is 11.3. The van der Waals surface area contributed by atoms with Gasteiger partial charge < -0.3 is 10.4 Å². The largest absolute Gasteiger partial charge is 0.479 e. The Morgan fingerprint density at radius 2 is 1.85 bits per heavy atom. The van der Waals surface area contributed by atoms with Crippen LogP contribution in [0.15, 0.2) is 18.2 Å². The summed E-state index contributed by atoms with van der Waals surface area (Å²) < 4.78 is 38.3. The Labute approximate surface area is 117 Å². The molecular weight excluding hydrogens is 299 g/mol. The highest BCUT2D eigenvalue weighted by Crippen LogP contribution is 2.31. The van der Waals surface area contributed by atoms with Crippen LogP contribution in [0.3, 0.4) is 0 Å². The van der Waals surface area contributed by atoms with Gasteiger partial charge in [-0.2, -0.15) is 13.2 Å². The number of hydrogen-bond donors (Lipinski definition) is 2. The molecule has 0 spiro atoms. The SMILES string of the molecule is Cc1ccc(C(=O)NC(C)(C(=O)O)C(F)(F)F)c(Cl)c1. The standard InChI is InChI=1S/C12H11ClF3NO3/c1-6-3-4-7(8(13)5-6)9(18)17-11(2,10(19)20)12(14,15)16/h3-5H,1-2H3,(H,17,18)(H,19,20). The average molecular weight is 310 g/mol. The molecule has 0 aliphatic heterocycles. The lowest BCUT2D eigenvalue weighted by molar-refractivity contribution is -0.203. The van der Waals surface area contributed by atoms with Crippen molar-refractivity contribution < 1.29 is 27.9 Å². The van der Waals surface area contributed by atoms with Gasteiger partial charge in [-0.05, 0) is 31.5 Å². The van der Waals surface area contributed by atoms with Gasteiger partial charge in [-0.25, -0.2) is 4.79 Å². The second kappa shape index (κ2) is 5.32. The topological polar surface area (TPSA) is 66.4 Å². The molecule has 20 heavy (non-hydrogen) atoms. The van der Waals surface area contributed by atoms with E-state index >= 15 is 0 Å². The maximum atomic E-state index is 12.8. The summed E-state index contributed by atoms with van der Waals surface area (Å²) in [6.07, 6.45) is -5.15. The van der Waals surface area contributed by atoms with Crippen molar-refractivity contribution >= 4 is 23.5 Å². The normalized spacial score (nSPS) is 14.5. The number of carbonyl (C=O) groups excluding carboxylic acids is 1. The van der Waals surface area contributed by atoms with Crippen molar-refractivity contribution in [3.8, 4) is 0 Å². The summed E-state index contributed by atoms with van der Waals surface area (Å²) in [5.41, 5.74) is -2.91. The number of carbonyl (C=O) groups is 2. The molecule has 1 rings (SSSR count). The predicted molar refractivity (Wildman–Crippen MR) is 65.8 cm³/mol. The van der Waals surface area contributed by atoms with Gasteiger partial charge in [0.1, 0.15) is 0 Å². The van der Waals surface area contributed by atoms with Crippen LogP contribution >= 0.6 is 11.6 Å². The fourth-order valence-electron chi connectivity index (χ4n) is 1.34. The number of aryl methyl sites for hydroxylation is 1. The minimum absolute atomic E-state index is 0.0580. The lowest BCUT2D eigenvalue weighted by Crippen LogP contribution is -2.61. The Kier molecular flexibility index (Phi) is 4.33. The van der Waals surface area contributed by atoms with Crippen LogP contribution < -0.4 is 5.32 Å². The van der Waals surface area contributed by atoms with Crippen molar-refractivity contribution in [2.75, 3.05) is 0 Å². The summed E-state index contributed by atoms with van der Waals surface area (Å²) in [7, 11) is 0.